The van der Waals surface area contributed by atoms with Crippen molar-refractivity contribution in [3.05, 3.63) is 81.5 Å². The third-order valence-electron chi connectivity index (χ3n) is 8.78. The van der Waals surface area contributed by atoms with Gasteiger partial charge in [-0.2, -0.15) is 0 Å². The minimum Gasteiger partial charge on any atom is -0.507 e. The number of phenolic OH excluding ortho intramolecular Hbond substituents is 1. The zero-order valence-electron chi connectivity index (χ0n) is 22.9. The van der Waals surface area contributed by atoms with E-state index >= 15 is 0 Å². The molecule has 5 N–H and O–H groups in total. The van der Waals surface area contributed by atoms with E-state index in [1.54, 1.807) is 12.3 Å². The van der Waals surface area contributed by atoms with Gasteiger partial charge in [-0.05, 0) is 55.5 Å². The maximum atomic E-state index is 13.2. The van der Waals surface area contributed by atoms with Crippen LogP contribution in [-0.4, -0.2) is 57.1 Å². The van der Waals surface area contributed by atoms with Crippen LogP contribution in [0.2, 0.25) is 0 Å². The topological polar surface area (TPSA) is 144 Å². The molecule has 1 fully saturated rings. The van der Waals surface area contributed by atoms with E-state index in [0.717, 1.165) is 28.7 Å². The first-order valence-corrected chi connectivity index (χ1v) is 13.9. The lowest BCUT2D eigenvalue weighted by molar-refractivity contribution is -0.143. The molecule has 0 aliphatic heterocycles. The molecule has 9 nitrogen and oxygen atoms in total. The highest BCUT2D eigenvalue weighted by Gasteiger charge is 2.61. The summed E-state index contributed by atoms with van der Waals surface area (Å²) in [5.41, 5.74) is 1.74. The SMILES string of the molecule is CCC[C@]12CC(=O)CC[C@@]1(O)[C@H](NC)Cc1ccc(C(=O)NCCc3ccc(-c4cnc(=O)[nH]c4)cc3)c(O)c12. The molecule has 3 atom stereocenters. The fourth-order valence-electron chi connectivity index (χ4n) is 6.85. The van der Waals surface area contributed by atoms with Crippen molar-refractivity contribution >= 4 is 11.7 Å². The van der Waals surface area contributed by atoms with Crippen LogP contribution in [0.4, 0.5) is 0 Å². The molecule has 0 spiro atoms. The zero-order chi connectivity index (χ0) is 28.5. The molecule has 5 rings (SSSR count). The fourth-order valence-corrected chi connectivity index (χ4v) is 6.85. The number of carbonyl (C=O) groups excluding carboxylic acids is 2. The molecule has 1 aromatic heterocycles. The summed E-state index contributed by atoms with van der Waals surface area (Å²) in [6.07, 6.45) is 6.25. The van der Waals surface area contributed by atoms with E-state index in [1.165, 1.54) is 6.20 Å². The zero-order valence-corrected chi connectivity index (χ0v) is 22.9. The fraction of sp³-hybridized carbons (Fsp3) is 0.419. The van der Waals surface area contributed by atoms with Crippen LogP contribution in [0.1, 0.15) is 66.1 Å². The highest BCUT2D eigenvalue weighted by Crippen LogP contribution is 2.57. The van der Waals surface area contributed by atoms with Gasteiger partial charge in [0.2, 0.25) is 0 Å². The third kappa shape index (κ3) is 4.73. The lowest BCUT2D eigenvalue weighted by atomic mass is 9.50. The highest BCUT2D eigenvalue weighted by atomic mass is 16.3. The summed E-state index contributed by atoms with van der Waals surface area (Å²) in [7, 11) is 1.82. The van der Waals surface area contributed by atoms with Crippen LogP contribution in [-0.2, 0) is 23.1 Å². The van der Waals surface area contributed by atoms with E-state index in [2.05, 4.69) is 20.6 Å². The molecule has 0 bridgehead atoms. The summed E-state index contributed by atoms with van der Waals surface area (Å²) in [5.74, 6) is -0.466. The molecular formula is C31H36N4O5. The van der Waals surface area contributed by atoms with E-state index in [-0.39, 0.29) is 29.6 Å². The van der Waals surface area contributed by atoms with Gasteiger partial charge < -0.3 is 25.8 Å². The van der Waals surface area contributed by atoms with Crippen molar-refractivity contribution in [3.8, 4) is 16.9 Å². The summed E-state index contributed by atoms with van der Waals surface area (Å²) in [4.78, 5) is 43.5. The molecule has 1 amide bonds. The molecule has 2 aliphatic rings. The lowest BCUT2D eigenvalue weighted by Crippen LogP contribution is -2.68. The third-order valence-corrected chi connectivity index (χ3v) is 8.78. The number of amides is 1. The number of phenols is 1. The number of nitrogens with zero attached hydrogens (tertiary/aromatic N) is 1. The number of aromatic nitrogens is 2. The van der Waals surface area contributed by atoms with Crippen LogP contribution in [0, 0.1) is 0 Å². The van der Waals surface area contributed by atoms with Crippen LogP contribution in [0.15, 0.2) is 53.6 Å². The monoisotopic (exact) mass is 544 g/mol. The molecule has 210 valence electrons. The van der Waals surface area contributed by atoms with Crippen LogP contribution >= 0.6 is 0 Å². The molecule has 40 heavy (non-hydrogen) atoms. The Labute approximate surface area is 233 Å². The number of aromatic hydroxyl groups is 1. The minimum absolute atomic E-state index is 0.0675. The average Bonchev–Trinajstić information content (AvgIpc) is 2.94. The summed E-state index contributed by atoms with van der Waals surface area (Å²) < 4.78 is 0. The number of aromatic amines is 1. The van der Waals surface area contributed by atoms with E-state index in [4.69, 9.17) is 0 Å². The van der Waals surface area contributed by atoms with Gasteiger partial charge in [0.1, 0.15) is 11.5 Å². The van der Waals surface area contributed by atoms with E-state index in [9.17, 15) is 24.6 Å². The van der Waals surface area contributed by atoms with Crippen LogP contribution in [0.25, 0.3) is 11.1 Å². The Morgan fingerprint density at radius 2 is 1.93 bits per heavy atom. The maximum Gasteiger partial charge on any atom is 0.344 e. The van der Waals surface area contributed by atoms with Gasteiger partial charge in [0.25, 0.3) is 5.91 Å². The van der Waals surface area contributed by atoms with Crippen LogP contribution in [0.3, 0.4) is 0 Å². The second-order valence-corrected chi connectivity index (χ2v) is 11.0. The van der Waals surface area contributed by atoms with Crippen molar-refractivity contribution in [2.45, 2.75) is 68.9 Å². The van der Waals surface area contributed by atoms with E-state index < -0.39 is 22.6 Å². The molecular weight excluding hydrogens is 508 g/mol. The Kier molecular flexibility index (Phi) is 7.61. The van der Waals surface area contributed by atoms with Crippen molar-refractivity contribution in [1.82, 2.24) is 20.6 Å². The quantitative estimate of drug-likeness (QED) is 0.293. The van der Waals surface area contributed by atoms with Crippen molar-refractivity contribution in [2.24, 2.45) is 0 Å². The number of hydrogen-bond acceptors (Lipinski definition) is 7. The van der Waals surface area contributed by atoms with Crippen LogP contribution < -0.4 is 16.3 Å². The molecule has 3 aromatic rings. The standard InChI is InChI=1S/C31H36N4O5/c1-3-12-30-16-23(36)10-13-31(30,40)25(32-2)15-21-8-9-24(27(37)26(21)30)28(38)33-14-11-19-4-6-20(7-5-19)22-17-34-29(39)35-18-22/h4-9,17-18,25,32,37,40H,3,10-16H2,1-2H3,(H,33,38)(H,34,35,39)/t25-,30-,31-/m1/s1. The first kappa shape index (κ1) is 27.7. The van der Waals surface area contributed by atoms with Gasteiger partial charge in [-0.25, -0.2) is 9.78 Å². The Morgan fingerprint density at radius 3 is 2.60 bits per heavy atom. The second-order valence-electron chi connectivity index (χ2n) is 11.0. The second kappa shape index (κ2) is 11.0. The van der Waals surface area contributed by atoms with Gasteiger partial charge >= 0.3 is 5.69 Å². The number of H-pyrrole nitrogens is 1. The Balaban J connectivity index is 1.35. The van der Waals surface area contributed by atoms with Crippen molar-refractivity contribution in [3.63, 3.8) is 0 Å². The molecule has 0 unspecified atom stereocenters. The number of aliphatic hydroxyl groups is 1. The first-order chi connectivity index (χ1) is 19.2. The molecule has 0 saturated heterocycles. The average molecular weight is 545 g/mol. The Hall–Kier alpha value is -3.82. The first-order valence-electron chi connectivity index (χ1n) is 13.9. The highest BCUT2D eigenvalue weighted by molar-refractivity contribution is 5.98. The predicted molar refractivity (Wildman–Crippen MR) is 151 cm³/mol. The van der Waals surface area contributed by atoms with Crippen molar-refractivity contribution < 1.29 is 19.8 Å². The number of hydrogen-bond donors (Lipinski definition) is 5. The summed E-state index contributed by atoms with van der Waals surface area (Å²) in [6.45, 7) is 2.37. The number of ketones is 1. The molecule has 1 saturated carbocycles. The van der Waals surface area contributed by atoms with Crippen molar-refractivity contribution in [2.75, 3.05) is 13.6 Å². The Morgan fingerprint density at radius 1 is 1.15 bits per heavy atom. The largest absolute Gasteiger partial charge is 0.507 e. The number of nitrogens with one attached hydrogen (secondary N) is 3. The van der Waals surface area contributed by atoms with Gasteiger partial charge in [-0.3, -0.25) is 9.59 Å². The van der Waals surface area contributed by atoms with Crippen molar-refractivity contribution in [1.29, 1.82) is 0 Å². The molecule has 0 radical (unpaired) electrons. The molecule has 2 aliphatic carbocycles. The lowest BCUT2D eigenvalue weighted by Gasteiger charge is -2.57. The molecule has 9 heteroatoms. The van der Waals surface area contributed by atoms with E-state index in [0.29, 0.717) is 44.2 Å². The molecule has 2 aromatic carbocycles. The number of benzene rings is 2. The number of likely N-dealkylation sites (N-methyl/N-ethyl adjacent to an activating group) is 1. The maximum absolute atomic E-state index is 13.2. The van der Waals surface area contributed by atoms with E-state index in [1.807, 2.05) is 44.3 Å². The minimum atomic E-state index is -1.21. The van der Waals surface area contributed by atoms with Gasteiger partial charge in [-0.15, -0.1) is 0 Å². The predicted octanol–water partition coefficient (Wildman–Crippen LogP) is 2.78. The van der Waals surface area contributed by atoms with Gasteiger partial charge in [-0.1, -0.05) is 43.7 Å². The number of Topliss-reactive ketones (excluding diaryl/α,β-unsaturated/α-hetero) is 1. The van der Waals surface area contributed by atoms with Gasteiger partial charge in [0, 0.05) is 54.4 Å². The van der Waals surface area contributed by atoms with Gasteiger partial charge in [0.15, 0.2) is 0 Å². The number of carbonyl (C=O) groups is 2. The normalized spacial score (nSPS) is 23.8. The van der Waals surface area contributed by atoms with Gasteiger partial charge in [0.05, 0.1) is 11.2 Å². The molecule has 1 heterocycles. The summed E-state index contributed by atoms with van der Waals surface area (Å²) >= 11 is 0. The van der Waals surface area contributed by atoms with Crippen LogP contribution in [0.5, 0.6) is 5.75 Å². The Bertz CT molecular complexity index is 1460. The summed E-state index contributed by atoms with van der Waals surface area (Å²) in [5, 5.41) is 29.8. The smallest absolute Gasteiger partial charge is 0.344 e. The number of fused-ring (bicyclic) bond motifs is 3. The summed E-state index contributed by atoms with van der Waals surface area (Å²) in [6, 6.07) is 11.0. The number of rotatable bonds is 8.